The van der Waals surface area contributed by atoms with Crippen molar-refractivity contribution in [1.29, 1.82) is 0 Å². The molecule has 60 valence electrons. The number of alkyl halides is 1. The number of ether oxygens (including phenoxy) is 1. The number of fused-ring (bicyclic) bond motifs is 1. The first-order chi connectivity index (χ1) is 5.27. The average molecular weight is 221 g/mol. The molecule has 1 aromatic heterocycles. The van der Waals surface area contributed by atoms with Gasteiger partial charge in [-0.25, -0.2) is 9.07 Å². The minimum Gasteiger partial charge on any atom is -0.474 e. The van der Waals surface area contributed by atoms with Crippen molar-refractivity contribution in [2.75, 3.05) is 6.61 Å². The second-order valence-electron chi connectivity index (χ2n) is 2.39. The maximum absolute atomic E-state index is 12.7. The number of hydrogen-bond donors (Lipinski definition) is 0. The zero-order valence-electron chi connectivity index (χ0n) is 5.63. The van der Waals surface area contributed by atoms with Crippen molar-refractivity contribution in [3.05, 3.63) is 10.7 Å². The van der Waals surface area contributed by atoms with E-state index in [1.54, 1.807) is 6.20 Å². The molecular formula is C6H6BrFN2O. The highest BCUT2D eigenvalue weighted by Gasteiger charge is 2.21. The Labute approximate surface area is 71.3 Å². The standard InChI is InChI=1S/C6H6BrFN2O/c7-5-1-9-10-2-4(8)3-11-6(5)10/h1,4H,2-3H2/t4-/m1/s1. The lowest BCUT2D eigenvalue weighted by Gasteiger charge is -2.18. The van der Waals surface area contributed by atoms with Gasteiger partial charge in [0.25, 0.3) is 0 Å². The molecule has 0 N–H and O–H groups in total. The van der Waals surface area contributed by atoms with Crippen molar-refractivity contribution < 1.29 is 9.13 Å². The van der Waals surface area contributed by atoms with E-state index in [9.17, 15) is 4.39 Å². The molecular weight excluding hydrogens is 215 g/mol. The van der Waals surface area contributed by atoms with Crippen LogP contribution in [0.5, 0.6) is 5.88 Å². The van der Waals surface area contributed by atoms with Gasteiger partial charge in [0.05, 0.1) is 17.2 Å². The molecule has 0 bridgehead atoms. The van der Waals surface area contributed by atoms with Crippen LogP contribution in [-0.2, 0) is 6.54 Å². The van der Waals surface area contributed by atoms with Gasteiger partial charge in [-0.3, -0.25) is 0 Å². The highest BCUT2D eigenvalue weighted by Crippen LogP contribution is 2.27. The summed E-state index contributed by atoms with van der Waals surface area (Å²) in [5, 5.41) is 3.91. The molecule has 0 saturated heterocycles. The van der Waals surface area contributed by atoms with E-state index < -0.39 is 6.17 Å². The lowest BCUT2D eigenvalue weighted by Crippen LogP contribution is -2.26. The second kappa shape index (κ2) is 2.48. The average Bonchev–Trinajstić information content (AvgIpc) is 2.32. The third kappa shape index (κ3) is 1.13. The van der Waals surface area contributed by atoms with Gasteiger partial charge in [-0.2, -0.15) is 5.10 Å². The van der Waals surface area contributed by atoms with Crippen molar-refractivity contribution in [1.82, 2.24) is 9.78 Å². The summed E-state index contributed by atoms with van der Waals surface area (Å²) in [7, 11) is 0. The van der Waals surface area contributed by atoms with Crippen LogP contribution in [-0.4, -0.2) is 22.6 Å². The molecule has 1 aromatic rings. The van der Waals surface area contributed by atoms with E-state index in [1.165, 1.54) is 4.68 Å². The second-order valence-corrected chi connectivity index (χ2v) is 3.24. The molecule has 1 aliphatic rings. The van der Waals surface area contributed by atoms with Crippen molar-refractivity contribution in [2.24, 2.45) is 0 Å². The Morgan fingerprint density at radius 1 is 1.82 bits per heavy atom. The van der Waals surface area contributed by atoms with Gasteiger partial charge in [-0.05, 0) is 15.9 Å². The van der Waals surface area contributed by atoms with Crippen LogP contribution < -0.4 is 4.74 Å². The fourth-order valence-electron chi connectivity index (χ4n) is 1.03. The van der Waals surface area contributed by atoms with Crippen LogP contribution in [0.25, 0.3) is 0 Å². The summed E-state index contributed by atoms with van der Waals surface area (Å²) in [6, 6.07) is 0. The largest absolute Gasteiger partial charge is 0.474 e. The third-order valence-corrected chi connectivity index (χ3v) is 2.07. The van der Waals surface area contributed by atoms with Gasteiger partial charge in [-0.1, -0.05) is 0 Å². The smallest absolute Gasteiger partial charge is 0.226 e. The zero-order chi connectivity index (χ0) is 7.84. The molecule has 0 aliphatic carbocycles. The van der Waals surface area contributed by atoms with Gasteiger partial charge in [0.15, 0.2) is 6.17 Å². The highest BCUT2D eigenvalue weighted by molar-refractivity contribution is 9.10. The van der Waals surface area contributed by atoms with Gasteiger partial charge in [-0.15, -0.1) is 0 Å². The molecule has 0 spiro atoms. The first-order valence-corrected chi connectivity index (χ1v) is 4.05. The Bertz CT molecular complexity index is 276. The molecule has 0 radical (unpaired) electrons. The van der Waals surface area contributed by atoms with Crippen LogP contribution in [0.2, 0.25) is 0 Å². The molecule has 0 unspecified atom stereocenters. The Hall–Kier alpha value is -0.580. The normalized spacial score (nSPS) is 22.5. The molecule has 1 aliphatic heterocycles. The number of nitrogens with zero attached hydrogens (tertiary/aromatic N) is 2. The number of rotatable bonds is 0. The summed E-state index contributed by atoms with van der Waals surface area (Å²) in [4.78, 5) is 0. The van der Waals surface area contributed by atoms with E-state index in [2.05, 4.69) is 21.0 Å². The first-order valence-electron chi connectivity index (χ1n) is 3.25. The van der Waals surface area contributed by atoms with E-state index in [1.807, 2.05) is 0 Å². The number of aromatic nitrogens is 2. The van der Waals surface area contributed by atoms with E-state index in [0.29, 0.717) is 12.4 Å². The molecule has 0 fully saturated rings. The molecule has 1 atom stereocenters. The van der Waals surface area contributed by atoms with Gasteiger partial charge >= 0.3 is 0 Å². The van der Waals surface area contributed by atoms with E-state index in [0.717, 1.165) is 4.47 Å². The van der Waals surface area contributed by atoms with Crippen LogP contribution in [0.1, 0.15) is 0 Å². The summed E-state index contributed by atoms with van der Waals surface area (Å²) in [6.07, 6.45) is 0.669. The van der Waals surface area contributed by atoms with Crippen molar-refractivity contribution in [3.8, 4) is 5.88 Å². The SMILES string of the molecule is F[C@H]1COc2c(Br)cnn2C1. The Balaban J connectivity index is 2.36. The van der Waals surface area contributed by atoms with E-state index >= 15 is 0 Å². The minimum absolute atomic E-state index is 0.129. The monoisotopic (exact) mass is 220 g/mol. The van der Waals surface area contributed by atoms with Gasteiger partial charge in [0.1, 0.15) is 6.61 Å². The Kier molecular flexibility index (Phi) is 1.60. The molecule has 2 heterocycles. The fraction of sp³-hybridized carbons (Fsp3) is 0.500. The molecule has 0 amide bonds. The minimum atomic E-state index is -0.936. The molecule has 0 saturated carbocycles. The lowest BCUT2D eigenvalue weighted by atomic mass is 10.4. The van der Waals surface area contributed by atoms with Crippen LogP contribution in [0.15, 0.2) is 10.7 Å². The Morgan fingerprint density at radius 2 is 2.64 bits per heavy atom. The lowest BCUT2D eigenvalue weighted by molar-refractivity contribution is 0.124. The molecule has 11 heavy (non-hydrogen) atoms. The predicted octanol–water partition coefficient (Wildman–Crippen LogP) is 1.38. The maximum Gasteiger partial charge on any atom is 0.226 e. The maximum atomic E-state index is 12.7. The van der Waals surface area contributed by atoms with Gasteiger partial charge < -0.3 is 4.74 Å². The van der Waals surface area contributed by atoms with E-state index in [4.69, 9.17) is 4.74 Å². The molecule has 0 aromatic carbocycles. The van der Waals surface area contributed by atoms with Gasteiger partial charge in [0, 0.05) is 0 Å². The van der Waals surface area contributed by atoms with Crippen LogP contribution >= 0.6 is 15.9 Å². The quantitative estimate of drug-likeness (QED) is 0.661. The Morgan fingerprint density at radius 3 is 3.45 bits per heavy atom. The molecule has 2 rings (SSSR count). The summed E-state index contributed by atoms with van der Waals surface area (Å²) in [5.41, 5.74) is 0. The predicted molar refractivity (Wildman–Crippen MR) is 40.3 cm³/mol. The number of halogens is 2. The van der Waals surface area contributed by atoms with Gasteiger partial charge in [0.2, 0.25) is 5.88 Å². The summed E-state index contributed by atoms with van der Waals surface area (Å²) in [5.74, 6) is 0.624. The van der Waals surface area contributed by atoms with Crippen LogP contribution in [0.3, 0.4) is 0 Å². The highest BCUT2D eigenvalue weighted by atomic mass is 79.9. The summed E-state index contributed by atoms with van der Waals surface area (Å²) in [6.45, 7) is 0.422. The topological polar surface area (TPSA) is 27.1 Å². The molecule has 3 nitrogen and oxygen atoms in total. The number of hydrogen-bond acceptors (Lipinski definition) is 2. The first kappa shape index (κ1) is 7.09. The molecule has 5 heteroatoms. The fourth-order valence-corrected chi connectivity index (χ4v) is 1.45. The summed E-state index contributed by atoms with van der Waals surface area (Å²) < 4.78 is 20.0. The van der Waals surface area contributed by atoms with Crippen LogP contribution in [0, 0.1) is 0 Å². The third-order valence-electron chi connectivity index (χ3n) is 1.52. The van der Waals surface area contributed by atoms with Crippen LogP contribution in [0.4, 0.5) is 4.39 Å². The summed E-state index contributed by atoms with van der Waals surface area (Å²) >= 11 is 3.24. The van der Waals surface area contributed by atoms with E-state index in [-0.39, 0.29) is 6.61 Å². The van der Waals surface area contributed by atoms with Crippen molar-refractivity contribution in [2.45, 2.75) is 12.7 Å². The zero-order valence-corrected chi connectivity index (χ0v) is 7.21. The van der Waals surface area contributed by atoms with Crippen molar-refractivity contribution in [3.63, 3.8) is 0 Å². The van der Waals surface area contributed by atoms with Crippen molar-refractivity contribution >= 4 is 15.9 Å².